The van der Waals surface area contributed by atoms with Crippen molar-refractivity contribution in [3.05, 3.63) is 65.5 Å². The summed E-state index contributed by atoms with van der Waals surface area (Å²) in [5.74, 6) is -0.225. The maximum Gasteiger partial charge on any atom is 0.261 e. The minimum Gasteiger partial charge on any atom is -0.488 e. The summed E-state index contributed by atoms with van der Waals surface area (Å²) in [6, 6.07) is 10.2. The van der Waals surface area contributed by atoms with Crippen LogP contribution in [0, 0.1) is 0 Å². The molecular formula is C24H25N5O5. The highest BCUT2D eigenvalue weighted by atomic mass is 16.5. The van der Waals surface area contributed by atoms with Crippen LogP contribution >= 0.6 is 0 Å². The highest BCUT2D eigenvalue weighted by Gasteiger charge is 2.21. The molecule has 34 heavy (non-hydrogen) atoms. The molecule has 3 aromatic rings. The average Bonchev–Trinajstić information content (AvgIpc) is 3.37. The summed E-state index contributed by atoms with van der Waals surface area (Å²) in [6.07, 6.45) is 3.74. The number of nitrogens with two attached hydrogens (primary N) is 1. The van der Waals surface area contributed by atoms with Crippen LogP contribution in [-0.4, -0.2) is 77.0 Å². The summed E-state index contributed by atoms with van der Waals surface area (Å²) >= 11 is 0. The molecule has 2 aromatic heterocycles. The molecule has 4 rings (SSSR count). The van der Waals surface area contributed by atoms with Gasteiger partial charge in [-0.2, -0.15) is 9.78 Å². The number of carbonyl (C=O) groups is 3. The molecule has 176 valence electrons. The largest absolute Gasteiger partial charge is 0.488 e. The standard InChI is InChI=1S/C24H25N5O5/c25-13-23(32)29-20(6-8-27-29)24-17(3-2-7-26-24)16-34-22-5-1-4-18(19(22)15-30)21(31)14-28-9-11-33-12-10-28/h1-8,15H,9-14,16,25H2. The van der Waals surface area contributed by atoms with E-state index in [1.54, 1.807) is 42.6 Å². The Morgan fingerprint density at radius 1 is 1.12 bits per heavy atom. The highest BCUT2D eigenvalue weighted by molar-refractivity contribution is 6.05. The molecule has 1 aliphatic heterocycles. The Bertz CT molecular complexity index is 1190. The van der Waals surface area contributed by atoms with Gasteiger partial charge in [0.05, 0.1) is 49.5 Å². The van der Waals surface area contributed by atoms with E-state index in [4.69, 9.17) is 15.2 Å². The van der Waals surface area contributed by atoms with Gasteiger partial charge in [0, 0.05) is 30.4 Å². The van der Waals surface area contributed by atoms with Crippen molar-refractivity contribution in [1.29, 1.82) is 0 Å². The van der Waals surface area contributed by atoms with Gasteiger partial charge in [0.2, 0.25) is 0 Å². The predicted molar refractivity (Wildman–Crippen MR) is 123 cm³/mol. The van der Waals surface area contributed by atoms with Crippen molar-refractivity contribution >= 4 is 18.0 Å². The SMILES string of the molecule is NCC(=O)n1nccc1-c1ncccc1COc1cccc(C(=O)CN2CCOCC2)c1C=O. The summed E-state index contributed by atoms with van der Waals surface area (Å²) in [5, 5.41) is 4.04. The van der Waals surface area contributed by atoms with E-state index >= 15 is 0 Å². The Morgan fingerprint density at radius 3 is 2.71 bits per heavy atom. The minimum atomic E-state index is -0.368. The summed E-state index contributed by atoms with van der Waals surface area (Å²) in [6.45, 7) is 2.59. The number of benzene rings is 1. The number of ketones is 1. The molecule has 0 bridgehead atoms. The number of rotatable bonds is 9. The van der Waals surface area contributed by atoms with Gasteiger partial charge in [-0.25, -0.2) is 0 Å². The summed E-state index contributed by atoms with van der Waals surface area (Å²) in [4.78, 5) is 43.3. The summed E-state index contributed by atoms with van der Waals surface area (Å²) in [7, 11) is 0. The van der Waals surface area contributed by atoms with E-state index in [0.717, 1.165) is 0 Å². The molecule has 1 aliphatic rings. The first kappa shape index (κ1) is 23.4. The van der Waals surface area contributed by atoms with Crippen LogP contribution in [0.15, 0.2) is 48.8 Å². The molecule has 1 fully saturated rings. The van der Waals surface area contributed by atoms with E-state index in [0.29, 0.717) is 60.9 Å². The first-order valence-corrected chi connectivity index (χ1v) is 10.9. The minimum absolute atomic E-state index is 0.0626. The van der Waals surface area contributed by atoms with Crippen LogP contribution in [0.2, 0.25) is 0 Å². The quantitative estimate of drug-likeness (QED) is 0.370. The van der Waals surface area contributed by atoms with Gasteiger partial charge in [-0.05, 0) is 18.2 Å². The van der Waals surface area contributed by atoms with E-state index < -0.39 is 0 Å². The predicted octanol–water partition coefficient (Wildman–Crippen LogP) is 1.45. The second-order valence-corrected chi connectivity index (χ2v) is 7.67. The third kappa shape index (κ3) is 5.09. The zero-order chi connectivity index (χ0) is 23.9. The Morgan fingerprint density at radius 2 is 1.94 bits per heavy atom. The van der Waals surface area contributed by atoms with Crippen LogP contribution in [0.3, 0.4) is 0 Å². The number of carbonyl (C=O) groups excluding carboxylic acids is 3. The van der Waals surface area contributed by atoms with Gasteiger partial charge >= 0.3 is 0 Å². The van der Waals surface area contributed by atoms with Crippen LogP contribution < -0.4 is 10.5 Å². The van der Waals surface area contributed by atoms with Crippen molar-refractivity contribution < 1.29 is 23.9 Å². The van der Waals surface area contributed by atoms with Crippen LogP contribution in [-0.2, 0) is 11.3 Å². The molecule has 0 atom stereocenters. The fourth-order valence-corrected chi connectivity index (χ4v) is 3.79. The molecular weight excluding hydrogens is 438 g/mol. The number of nitrogens with zero attached hydrogens (tertiary/aromatic N) is 4. The fourth-order valence-electron chi connectivity index (χ4n) is 3.79. The Kier molecular flexibility index (Phi) is 7.53. The number of ether oxygens (including phenoxy) is 2. The number of aldehydes is 1. The van der Waals surface area contributed by atoms with Crippen LogP contribution in [0.5, 0.6) is 5.75 Å². The summed E-state index contributed by atoms with van der Waals surface area (Å²) in [5.41, 5.74) is 7.68. The van der Waals surface area contributed by atoms with Crippen LogP contribution in [0.4, 0.5) is 0 Å². The van der Waals surface area contributed by atoms with Crippen LogP contribution in [0.1, 0.15) is 31.1 Å². The van der Waals surface area contributed by atoms with Crippen LogP contribution in [0.25, 0.3) is 11.4 Å². The van der Waals surface area contributed by atoms with Gasteiger partial charge < -0.3 is 15.2 Å². The molecule has 10 nitrogen and oxygen atoms in total. The van der Waals surface area contributed by atoms with Gasteiger partial charge in [-0.3, -0.25) is 24.3 Å². The molecule has 10 heteroatoms. The topological polar surface area (TPSA) is 130 Å². The highest BCUT2D eigenvalue weighted by Crippen LogP contribution is 2.26. The van der Waals surface area contributed by atoms with Crippen molar-refractivity contribution in [1.82, 2.24) is 19.7 Å². The second kappa shape index (κ2) is 10.9. The smallest absolute Gasteiger partial charge is 0.261 e. The molecule has 0 unspecified atom stereocenters. The molecule has 3 heterocycles. The van der Waals surface area contributed by atoms with E-state index in [1.165, 1.54) is 10.9 Å². The normalized spacial score (nSPS) is 14.0. The lowest BCUT2D eigenvalue weighted by atomic mass is 10.0. The number of hydrogen-bond donors (Lipinski definition) is 1. The van der Waals surface area contributed by atoms with Gasteiger partial charge in [-0.1, -0.05) is 18.2 Å². The third-order valence-corrected chi connectivity index (χ3v) is 5.53. The molecule has 2 N–H and O–H groups in total. The number of aromatic nitrogens is 3. The lowest BCUT2D eigenvalue weighted by Gasteiger charge is -2.26. The first-order chi connectivity index (χ1) is 16.6. The van der Waals surface area contributed by atoms with E-state index in [2.05, 4.69) is 10.1 Å². The Balaban J connectivity index is 1.55. The Hall–Kier alpha value is -3.73. The van der Waals surface area contributed by atoms with Gasteiger partial charge in [0.1, 0.15) is 12.4 Å². The third-order valence-electron chi connectivity index (χ3n) is 5.53. The van der Waals surface area contributed by atoms with Gasteiger partial charge in [0.15, 0.2) is 12.1 Å². The zero-order valence-electron chi connectivity index (χ0n) is 18.6. The molecule has 0 radical (unpaired) electrons. The number of hydrogen-bond acceptors (Lipinski definition) is 9. The maximum atomic E-state index is 12.9. The summed E-state index contributed by atoms with van der Waals surface area (Å²) < 4.78 is 12.5. The Labute approximate surface area is 196 Å². The number of pyridine rings is 1. The average molecular weight is 463 g/mol. The van der Waals surface area contributed by atoms with Gasteiger partial charge in [0.25, 0.3) is 5.91 Å². The maximum absolute atomic E-state index is 12.9. The molecule has 0 saturated carbocycles. The molecule has 0 amide bonds. The second-order valence-electron chi connectivity index (χ2n) is 7.67. The van der Waals surface area contributed by atoms with Crippen molar-refractivity contribution in [2.24, 2.45) is 5.73 Å². The molecule has 0 spiro atoms. The lowest BCUT2D eigenvalue weighted by molar-refractivity contribution is 0.0370. The van der Waals surface area contributed by atoms with Crippen molar-refractivity contribution in [2.75, 3.05) is 39.4 Å². The lowest BCUT2D eigenvalue weighted by Crippen LogP contribution is -2.39. The zero-order valence-corrected chi connectivity index (χ0v) is 18.6. The van der Waals surface area contributed by atoms with E-state index in [9.17, 15) is 14.4 Å². The van der Waals surface area contributed by atoms with Crippen molar-refractivity contribution in [3.8, 4) is 17.1 Å². The molecule has 1 saturated heterocycles. The molecule has 1 aromatic carbocycles. The number of morpholine rings is 1. The van der Waals surface area contributed by atoms with Crippen molar-refractivity contribution in [2.45, 2.75) is 6.61 Å². The first-order valence-electron chi connectivity index (χ1n) is 10.9. The van der Waals surface area contributed by atoms with Gasteiger partial charge in [-0.15, -0.1) is 0 Å². The monoisotopic (exact) mass is 463 g/mol. The fraction of sp³-hybridized carbons (Fsp3) is 0.292. The number of Topliss-reactive ketones (excluding diaryl/α,β-unsaturated/α-hetero) is 1. The van der Waals surface area contributed by atoms with E-state index in [-0.39, 0.29) is 37.0 Å². The van der Waals surface area contributed by atoms with Crippen molar-refractivity contribution in [3.63, 3.8) is 0 Å². The van der Waals surface area contributed by atoms with E-state index in [1.807, 2.05) is 4.90 Å². The molecule has 0 aliphatic carbocycles.